The van der Waals surface area contributed by atoms with Crippen LogP contribution < -0.4 is 5.73 Å². The summed E-state index contributed by atoms with van der Waals surface area (Å²) >= 11 is 0. The number of aromatic nitrogens is 1. The molecule has 0 radical (unpaired) electrons. The second kappa shape index (κ2) is 5.20. The van der Waals surface area contributed by atoms with Crippen molar-refractivity contribution in [3.63, 3.8) is 0 Å². The first-order valence-electron chi connectivity index (χ1n) is 6.57. The van der Waals surface area contributed by atoms with Crippen LogP contribution in [0.15, 0.2) is 54.7 Å². The third-order valence-corrected chi connectivity index (χ3v) is 3.53. The van der Waals surface area contributed by atoms with E-state index in [1.165, 1.54) is 16.5 Å². The van der Waals surface area contributed by atoms with Crippen LogP contribution >= 0.6 is 0 Å². The Morgan fingerprint density at radius 2 is 1.80 bits per heavy atom. The van der Waals surface area contributed by atoms with E-state index in [9.17, 15) is 0 Å². The first kappa shape index (κ1) is 12.5. The topological polar surface area (TPSA) is 54.7 Å². The summed E-state index contributed by atoms with van der Waals surface area (Å²) in [6, 6.07) is 18.1. The Morgan fingerprint density at radius 1 is 1.05 bits per heavy atom. The van der Waals surface area contributed by atoms with Crippen LogP contribution in [0.5, 0.6) is 0 Å². The quantitative estimate of drug-likeness (QED) is 0.788. The number of hydrogen-bond acceptors (Lipinski definition) is 2. The number of rotatable bonds is 3. The largest absolute Gasteiger partial charge is 0.343 e. The smallest absolute Gasteiger partial charge is 0.0991 e. The number of nitrogens with two attached hydrogens (primary N) is 1. The van der Waals surface area contributed by atoms with Gasteiger partial charge < -0.3 is 10.3 Å². The lowest BCUT2D eigenvalue weighted by Gasteiger charge is -2.05. The third kappa shape index (κ3) is 2.18. The fourth-order valence-corrected chi connectivity index (χ4v) is 2.50. The SMILES string of the molecule is N#Cc1ccc(Cn2cc(CN)c3ccccc32)cc1. The minimum Gasteiger partial charge on any atom is -0.343 e. The fourth-order valence-electron chi connectivity index (χ4n) is 2.50. The van der Waals surface area contributed by atoms with Gasteiger partial charge in [0.25, 0.3) is 0 Å². The van der Waals surface area contributed by atoms with E-state index in [4.69, 9.17) is 11.0 Å². The Hall–Kier alpha value is -2.57. The van der Waals surface area contributed by atoms with Gasteiger partial charge in [-0.05, 0) is 29.3 Å². The van der Waals surface area contributed by atoms with E-state index in [-0.39, 0.29) is 0 Å². The summed E-state index contributed by atoms with van der Waals surface area (Å²) in [6.45, 7) is 1.33. The van der Waals surface area contributed by atoms with E-state index >= 15 is 0 Å². The zero-order valence-electron chi connectivity index (χ0n) is 11.1. The maximum Gasteiger partial charge on any atom is 0.0991 e. The minimum absolute atomic E-state index is 0.543. The van der Waals surface area contributed by atoms with Crippen molar-refractivity contribution < 1.29 is 0 Å². The van der Waals surface area contributed by atoms with Crippen molar-refractivity contribution in [3.05, 3.63) is 71.4 Å². The summed E-state index contributed by atoms with van der Waals surface area (Å²) in [7, 11) is 0. The van der Waals surface area contributed by atoms with Gasteiger partial charge in [-0.3, -0.25) is 0 Å². The molecule has 0 spiro atoms. The molecule has 0 atom stereocenters. The molecule has 0 aliphatic heterocycles. The molecule has 0 saturated carbocycles. The molecule has 0 aliphatic carbocycles. The van der Waals surface area contributed by atoms with Gasteiger partial charge in [0, 0.05) is 30.2 Å². The Balaban J connectivity index is 2.00. The zero-order chi connectivity index (χ0) is 13.9. The number of benzene rings is 2. The van der Waals surface area contributed by atoms with Crippen LogP contribution in [0.1, 0.15) is 16.7 Å². The van der Waals surface area contributed by atoms with Gasteiger partial charge in [0.05, 0.1) is 11.6 Å². The molecular formula is C17H15N3. The molecule has 0 saturated heterocycles. The van der Waals surface area contributed by atoms with Crippen LogP contribution in [0.25, 0.3) is 10.9 Å². The van der Waals surface area contributed by atoms with Gasteiger partial charge in [-0.15, -0.1) is 0 Å². The molecule has 2 N–H and O–H groups in total. The predicted octanol–water partition coefficient (Wildman–Crippen LogP) is 3.02. The Labute approximate surface area is 117 Å². The highest BCUT2D eigenvalue weighted by Gasteiger charge is 2.07. The molecule has 0 unspecified atom stereocenters. The molecule has 3 aromatic rings. The summed E-state index contributed by atoms with van der Waals surface area (Å²) in [5.41, 5.74) is 10.0. The molecule has 98 valence electrons. The van der Waals surface area contributed by atoms with Crippen molar-refractivity contribution in [2.75, 3.05) is 0 Å². The molecule has 1 heterocycles. The van der Waals surface area contributed by atoms with Crippen LogP contribution in [-0.4, -0.2) is 4.57 Å². The third-order valence-electron chi connectivity index (χ3n) is 3.53. The molecule has 3 nitrogen and oxygen atoms in total. The maximum atomic E-state index is 8.83. The van der Waals surface area contributed by atoms with Crippen molar-refractivity contribution >= 4 is 10.9 Å². The van der Waals surface area contributed by atoms with Crippen molar-refractivity contribution in [3.8, 4) is 6.07 Å². The highest BCUT2D eigenvalue weighted by Crippen LogP contribution is 2.22. The summed E-state index contributed by atoms with van der Waals surface area (Å²) < 4.78 is 2.21. The minimum atomic E-state index is 0.543. The van der Waals surface area contributed by atoms with Crippen molar-refractivity contribution in [1.29, 1.82) is 5.26 Å². The van der Waals surface area contributed by atoms with E-state index in [2.05, 4.69) is 29.0 Å². The van der Waals surface area contributed by atoms with Gasteiger partial charge in [0.2, 0.25) is 0 Å². The van der Waals surface area contributed by atoms with Crippen molar-refractivity contribution in [2.45, 2.75) is 13.1 Å². The molecular weight excluding hydrogens is 246 g/mol. The maximum absolute atomic E-state index is 8.83. The van der Waals surface area contributed by atoms with Gasteiger partial charge in [0.1, 0.15) is 0 Å². The average Bonchev–Trinajstić information content (AvgIpc) is 2.86. The van der Waals surface area contributed by atoms with Gasteiger partial charge in [-0.25, -0.2) is 0 Å². The highest BCUT2D eigenvalue weighted by atomic mass is 15.0. The van der Waals surface area contributed by atoms with E-state index in [1.54, 1.807) is 0 Å². The van der Waals surface area contributed by atoms with E-state index in [1.807, 2.05) is 36.4 Å². The summed E-state index contributed by atoms with van der Waals surface area (Å²) in [4.78, 5) is 0. The zero-order valence-corrected chi connectivity index (χ0v) is 11.1. The van der Waals surface area contributed by atoms with E-state index in [0.717, 1.165) is 12.1 Å². The Morgan fingerprint density at radius 3 is 2.50 bits per heavy atom. The first-order chi connectivity index (χ1) is 9.81. The highest BCUT2D eigenvalue weighted by molar-refractivity contribution is 5.84. The normalized spacial score (nSPS) is 10.6. The molecule has 20 heavy (non-hydrogen) atoms. The first-order valence-corrected chi connectivity index (χ1v) is 6.57. The van der Waals surface area contributed by atoms with Crippen LogP contribution in [-0.2, 0) is 13.1 Å². The van der Waals surface area contributed by atoms with Gasteiger partial charge in [-0.1, -0.05) is 30.3 Å². The van der Waals surface area contributed by atoms with Crippen molar-refractivity contribution in [1.82, 2.24) is 4.57 Å². The number of hydrogen-bond donors (Lipinski definition) is 1. The molecule has 2 aromatic carbocycles. The lowest BCUT2D eigenvalue weighted by molar-refractivity contribution is 0.829. The second-order valence-corrected chi connectivity index (χ2v) is 4.81. The molecule has 3 rings (SSSR count). The number of fused-ring (bicyclic) bond motifs is 1. The Bertz CT molecular complexity index is 776. The monoisotopic (exact) mass is 261 g/mol. The lowest BCUT2D eigenvalue weighted by atomic mass is 10.1. The van der Waals surface area contributed by atoms with Gasteiger partial charge in [0.15, 0.2) is 0 Å². The van der Waals surface area contributed by atoms with Crippen LogP contribution in [0.4, 0.5) is 0 Å². The predicted molar refractivity (Wildman–Crippen MR) is 80.1 cm³/mol. The number of nitrogens with zero attached hydrogens (tertiary/aromatic N) is 2. The molecule has 1 aromatic heterocycles. The van der Waals surface area contributed by atoms with Crippen molar-refractivity contribution in [2.24, 2.45) is 5.73 Å². The van der Waals surface area contributed by atoms with E-state index < -0.39 is 0 Å². The lowest BCUT2D eigenvalue weighted by Crippen LogP contribution is -1.98. The molecule has 0 bridgehead atoms. The molecule has 0 fully saturated rings. The molecule has 0 amide bonds. The average molecular weight is 261 g/mol. The molecule has 0 aliphatic rings. The summed E-state index contributed by atoms with van der Waals surface area (Å²) in [5.74, 6) is 0. The summed E-state index contributed by atoms with van der Waals surface area (Å²) in [5, 5.41) is 10.0. The number of para-hydroxylation sites is 1. The standard InChI is InChI=1S/C17H15N3/c18-9-13-5-7-14(8-6-13)11-20-12-15(10-19)16-3-1-2-4-17(16)20/h1-8,12H,10-11,19H2. The van der Waals surface area contributed by atoms with Crippen LogP contribution in [0.3, 0.4) is 0 Å². The Kier molecular flexibility index (Phi) is 3.24. The second-order valence-electron chi connectivity index (χ2n) is 4.81. The fraction of sp³-hybridized carbons (Fsp3) is 0.118. The van der Waals surface area contributed by atoms with Crippen LogP contribution in [0.2, 0.25) is 0 Å². The molecule has 3 heteroatoms. The summed E-state index contributed by atoms with van der Waals surface area (Å²) in [6.07, 6.45) is 2.11. The van der Waals surface area contributed by atoms with E-state index in [0.29, 0.717) is 12.1 Å². The number of nitriles is 1. The van der Waals surface area contributed by atoms with Gasteiger partial charge >= 0.3 is 0 Å². The van der Waals surface area contributed by atoms with Gasteiger partial charge in [-0.2, -0.15) is 5.26 Å². The van der Waals surface area contributed by atoms with Crippen LogP contribution in [0, 0.1) is 11.3 Å².